The maximum atomic E-state index is 5.00. The lowest BCUT2D eigenvalue weighted by Crippen LogP contribution is -2.27. The molecule has 0 N–H and O–H groups in total. The minimum Gasteiger partial charge on any atom is -0.356 e. The van der Waals surface area contributed by atoms with Crippen molar-refractivity contribution in [3.05, 3.63) is 53.6 Å². The van der Waals surface area contributed by atoms with Crippen LogP contribution in [0.5, 0.6) is 0 Å². The first-order chi connectivity index (χ1) is 14.7. The van der Waals surface area contributed by atoms with E-state index in [1.807, 2.05) is 22.9 Å². The third-order valence-electron chi connectivity index (χ3n) is 5.91. The van der Waals surface area contributed by atoms with Crippen LogP contribution >= 0.6 is 0 Å². The van der Waals surface area contributed by atoms with Gasteiger partial charge in [0.2, 0.25) is 0 Å². The van der Waals surface area contributed by atoms with Gasteiger partial charge in [0.15, 0.2) is 5.82 Å². The van der Waals surface area contributed by atoms with Crippen molar-refractivity contribution in [2.75, 3.05) is 18.0 Å². The van der Waals surface area contributed by atoms with E-state index in [4.69, 9.17) is 9.97 Å². The molecule has 7 nitrogen and oxygen atoms in total. The van der Waals surface area contributed by atoms with Crippen LogP contribution in [0.25, 0.3) is 17.1 Å². The maximum Gasteiger partial charge on any atom is 0.180 e. The van der Waals surface area contributed by atoms with E-state index in [9.17, 15) is 0 Å². The molecule has 0 aromatic carbocycles. The van der Waals surface area contributed by atoms with Gasteiger partial charge in [-0.1, -0.05) is 17.4 Å². The van der Waals surface area contributed by atoms with E-state index in [0.29, 0.717) is 6.04 Å². The Bertz CT molecular complexity index is 1070. The normalized spacial score (nSPS) is 16.5. The summed E-state index contributed by atoms with van der Waals surface area (Å²) in [6, 6.07) is 6.23. The number of aromatic nitrogens is 6. The van der Waals surface area contributed by atoms with E-state index in [2.05, 4.69) is 46.3 Å². The SMILES string of the molecule is CC(C)n1cc(C2=CCCN(c3nc(-c4ccccn4)nc4c3CCC4)CC2)nn1. The van der Waals surface area contributed by atoms with Crippen molar-refractivity contribution in [1.82, 2.24) is 29.9 Å². The molecule has 7 heteroatoms. The summed E-state index contributed by atoms with van der Waals surface area (Å²) in [6.45, 7) is 6.12. The number of aryl methyl sites for hydroxylation is 1. The number of rotatable bonds is 4. The van der Waals surface area contributed by atoms with Crippen molar-refractivity contribution in [2.45, 2.75) is 52.0 Å². The Morgan fingerprint density at radius 3 is 2.73 bits per heavy atom. The summed E-state index contributed by atoms with van der Waals surface area (Å²) in [5.74, 6) is 1.84. The van der Waals surface area contributed by atoms with Crippen LogP contribution in [0, 0.1) is 0 Å². The number of hydrogen-bond donors (Lipinski definition) is 0. The highest BCUT2D eigenvalue weighted by molar-refractivity contribution is 5.64. The first kappa shape index (κ1) is 18.9. The summed E-state index contributed by atoms with van der Waals surface area (Å²) >= 11 is 0. The second-order valence-electron chi connectivity index (χ2n) is 8.30. The Balaban J connectivity index is 1.42. The predicted octanol–water partition coefficient (Wildman–Crippen LogP) is 3.88. The van der Waals surface area contributed by atoms with Gasteiger partial charge in [-0.3, -0.25) is 4.98 Å². The predicted molar refractivity (Wildman–Crippen MR) is 117 cm³/mol. The molecule has 3 aromatic heterocycles. The fourth-order valence-corrected chi connectivity index (χ4v) is 4.27. The zero-order valence-electron chi connectivity index (χ0n) is 17.6. The van der Waals surface area contributed by atoms with E-state index in [-0.39, 0.29) is 0 Å². The van der Waals surface area contributed by atoms with Crippen LogP contribution in [0.2, 0.25) is 0 Å². The Kier molecular flexibility index (Phi) is 5.02. The fraction of sp³-hybridized carbons (Fsp3) is 0.435. The van der Waals surface area contributed by atoms with Crippen molar-refractivity contribution < 1.29 is 0 Å². The van der Waals surface area contributed by atoms with Gasteiger partial charge in [-0.15, -0.1) is 5.10 Å². The number of pyridine rings is 1. The minimum atomic E-state index is 0.322. The lowest BCUT2D eigenvalue weighted by atomic mass is 10.1. The molecule has 0 spiro atoms. The summed E-state index contributed by atoms with van der Waals surface area (Å²) in [7, 11) is 0. The second-order valence-corrected chi connectivity index (χ2v) is 8.30. The van der Waals surface area contributed by atoms with Crippen LogP contribution in [0.3, 0.4) is 0 Å². The standard InChI is InChI=1S/C23H27N7/c1-16(2)30-15-21(27-28-30)17-7-6-13-29(14-11-17)23-18-8-5-10-19(18)25-22(26-23)20-9-3-4-12-24-20/h3-4,7,9,12,15-16H,5-6,8,10-11,13-14H2,1-2H3. The number of hydrogen-bond acceptors (Lipinski definition) is 6. The molecule has 1 aliphatic carbocycles. The van der Waals surface area contributed by atoms with Crippen molar-refractivity contribution >= 4 is 11.4 Å². The van der Waals surface area contributed by atoms with Gasteiger partial charge in [-0.2, -0.15) is 0 Å². The Morgan fingerprint density at radius 1 is 1.00 bits per heavy atom. The largest absolute Gasteiger partial charge is 0.356 e. The Morgan fingerprint density at radius 2 is 1.93 bits per heavy atom. The molecule has 0 fully saturated rings. The fourth-order valence-electron chi connectivity index (χ4n) is 4.27. The van der Waals surface area contributed by atoms with E-state index in [0.717, 1.165) is 68.2 Å². The monoisotopic (exact) mass is 401 g/mol. The summed E-state index contributed by atoms with van der Waals surface area (Å²) in [5, 5.41) is 8.68. The first-order valence-electron chi connectivity index (χ1n) is 10.9. The third-order valence-corrected chi connectivity index (χ3v) is 5.91. The maximum absolute atomic E-state index is 5.00. The Hall–Kier alpha value is -3.09. The molecule has 154 valence electrons. The highest BCUT2D eigenvalue weighted by Gasteiger charge is 2.25. The highest BCUT2D eigenvalue weighted by Crippen LogP contribution is 2.33. The van der Waals surface area contributed by atoms with Crippen LogP contribution in [0.1, 0.15) is 56.1 Å². The zero-order valence-corrected chi connectivity index (χ0v) is 17.6. The van der Waals surface area contributed by atoms with Crippen LogP contribution in [0.15, 0.2) is 36.7 Å². The van der Waals surface area contributed by atoms with E-state index in [1.54, 1.807) is 6.20 Å². The molecule has 0 atom stereocenters. The smallest absolute Gasteiger partial charge is 0.180 e. The molecule has 4 heterocycles. The Labute approximate surface area is 176 Å². The summed E-state index contributed by atoms with van der Waals surface area (Å²) in [5.41, 5.74) is 5.63. The average molecular weight is 402 g/mol. The lowest BCUT2D eigenvalue weighted by Gasteiger charge is -2.24. The topological polar surface area (TPSA) is 72.6 Å². The second kappa shape index (κ2) is 7.97. The molecule has 0 bridgehead atoms. The van der Waals surface area contributed by atoms with Gasteiger partial charge in [-0.05, 0) is 63.7 Å². The van der Waals surface area contributed by atoms with Gasteiger partial charge in [0, 0.05) is 36.6 Å². The van der Waals surface area contributed by atoms with Crippen molar-refractivity contribution in [3.63, 3.8) is 0 Å². The molecule has 0 unspecified atom stereocenters. The number of nitrogens with zero attached hydrogens (tertiary/aromatic N) is 7. The molecule has 30 heavy (non-hydrogen) atoms. The highest BCUT2D eigenvalue weighted by atomic mass is 15.4. The number of anilines is 1. The van der Waals surface area contributed by atoms with Gasteiger partial charge < -0.3 is 4.90 Å². The van der Waals surface area contributed by atoms with Gasteiger partial charge >= 0.3 is 0 Å². The van der Waals surface area contributed by atoms with Gasteiger partial charge in [0.25, 0.3) is 0 Å². The summed E-state index contributed by atoms with van der Waals surface area (Å²) < 4.78 is 1.93. The van der Waals surface area contributed by atoms with Crippen molar-refractivity contribution in [1.29, 1.82) is 0 Å². The van der Waals surface area contributed by atoms with Crippen LogP contribution in [-0.2, 0) is 12.8 Å². The quantitative estimate of drug-likeness (QED) is 0.661. The van der Waals surface area contributed by atoms with Crippen LogP contribution in [-0.4, -0.2) is 43.0 Å². The van der Waals surface area contributed by atoms with Crippen molar-refractivity contribution in [2.24, 2.45) is 0 Å². The molecule has 2 aliphatic rings. The average Bonchev–Trinajstić information content (AvgIpc) is 3.39. The van der Waals surface area contributed by atoms with Gasteiger partial charge in [-0.25, -0.2) is 14.6 Å². The van der Waals surface area contributed by atoms with Crippen LogP contribution in [0.4, 0.5) is 5.82 Å². The van der Waals surface area contributed by atoms with Gasteiger partial charge in [0.1, 0.15) is 17.2 Å². The lowest BCUT2D eigenvalue weighted by molar-refractivity contribution is 0.514. The van der Waals surface area contributed by atoms with Crippen LogP contribution < -0.4 is 4.90 Å². The van der Waals surface area contributed by atoms with Gasteiger partial charge in [0.05, 0.1) is 6.20 Å². The summed E-state index contributed by atoms with van der Waals surface area (Å²) in [4.78, 5) is 16.8. The minimum absolute atomic E-state index is 0.322. The molecule has 0 saturated carbocycles. The molecular formula is C23H27N7. The van der Waals surface area contributed by atoms with Crippen molar-refractivity contribution in [3.8, 4) is 11.5 Å². The molecule has 5 rings (SSSR count). The number of fused-ring (bicyclic) bond motifs is 1. The molecule has 0 amide bonds. The van der Waals surface area contributed by atoms with E-state index in [1.165, 1.54) is 16.8 Å². The molecular weight excluding hydrogens is 374 g/mol. The first-order valence-corrected chi connectivity index (χ1v) is 10.9. The third kappa shape index (κ3) is 3.60. The van der Waals surface area contributed by atoms with E-state index < -0.39 is 0 Å². The molecule has 0 saturated heterocycles. The molecule has 0 radical (unpaired) electrons. The zero-order chi connectivity index (χ0) is 20.5. The van der Waals surface area contributed by atoms with E-state index >= 15 is 0 Å². The summed E-state index contributed by atoms with van der Waals surface area (Å²) in [6.07, 6.45) is 11.3. The molecule has 3 aromatic rings. The molecule has 1 aliphatic heterocycles.